The molecule has 3 amide bonds. The normalized spacial score (nSPS) is 12.5. The maximum Gasteiger partial charge on any atom is 0.282 e. The smallest absolute Gasteiger partial charge is 0.282 e. The molecular weight excluding hydrogens is 452 g/mol. The lowest BCUT2D eigenvalue weighted by Gasteiger charge is -2.13. The predicted octanol–water partition coefficient (Wildman–Crippen LogP) is 3.76. The standard InChI is InChI=1S/C24H22N6O5/c1-14-12-15(2)26-24(25-14)28-17-7-3-6-16(13-17)27-20(31)10-5-11-29-22(32)18-8-4-9-19(30(34)35)21(18)23(29)33/h3-4,6-9,12-13H,5,10-11H2,1-2H3,(H,27,31)(H,25,26,28). The van der Waals surface area contributed by atoms with E-state index in [0.717, 1.165) is 16.3 Å². The molecule has 2 heterocycles. The summed E-state index contributed by atoms with van der Waals surface area (Å²) in [6.07, 6.45) is 0.257. The van der Waals surface area contributed by atoms with Crippen molar-refractivity contribution in [2.75, 3.05) is 17.2 Å². The van der Waals surface area contributed by atoms with Crippen LogP contribution in [0.4, 0.5) is 23.0 Å². The number of amides is 3. The Morgan fingerprint density at radius 3 is 2.40 bits per heavy atom. The van der Waals surface area contributed by atoms with E-state index in [1.165, 1.54) is 18.2 Å². The summed E-state index contributed by atoms with van der Waals surface area (Å²) >= 11 is 0. The molecule has 11 nitrogen and oxygen atoms in total. The molecular formula is C24H22N6O5. The summed E-state index contributed by atoms with van der Waals surface area (Å²) in [4.78, 5) is 57.7. The summed E-state index contributed by atoms with van der Waals surface area (Å²) in [6.45, 7) is 3.72. The van der Waals surface area contributed by atoms with E-state index in [4.69, 9.17) is 0 Å². The quantitative estimate of drug-likeness (QED) is 0.285. The lowest BCUT2D eigenvalue weighted by molar-refractivity contribution is -0.385. The molecule has 0 saturated carbocycles. The Balaban J connectivity index is 1.33. The molecule has 0 spiro atoms. The van der Waals surface area contributed by atoms with Crippen LogP contribution >= 0.6 is 0 Å². The number of carbonyl (C=O) groups is 3. The molecule has 35 heavy (non-hydrogen) atoms. The fourth-order valence-electron chi connectivity index (χ4n) is 3.88. The largest absolute Gasteiger partial charge is 0.326 e. The van der Waals surface area contributed by atoms with E-state index in [0.29, 0.717) is 17.3 Å². The van der Waals surface area contributed by atoms with Gasteiger partial charge in [-0.15, -0.1) is 0 Å². The van der Waals surface area contributed by atoms with Crippen molar-refractivity contribution < 1.29 is 19.3 Å². The first-order valence-corrected chi connectivity index (χ1v) is 10.9. The minimum absolute atomic E-state index is 0.00532. The van der Waals surface area contributed by atoms with Gasteiger partial charge in [-0.25, -0.2) is 9.97 Å². The van der Waals surface area contributed by atoms with Crippen molar-refractivity contribution in [2.45, 2.75) is 26.7 Å². The second kappa shape index (κ2) is 9.67. The summed E-state index contributed by atoms with van der Waals surface area (Å²) < 4.78 is 0. The van der Waals surface area contributed by atoms with E-state index in [1.807, 2.05) is 26.0 Å². The molecule has 2 aromatic carbocycles. The summed E-state index contributed by atoms with van der Waals surface area (Å²) in [5.41, 5.74) is 2.31. The van der Waals surface area contributed by atoms with Crippen molar-refractivity contribution in [3.8, 4) is 0 Å². The van der Waals surface area contributed by atoms with E-state index in [9.17, 15) is 24.5 Å². The third kappa shape index (κ3) is 5.13. The van der Waals surface area contributed by atoms with Crippen LogP contribution in [-0.4, -0.2) is 44.1 Å². The number of aryl methyl sites for hydroxylation is 2. The Hall–Kier alpha value is -4.67. The van der Waals surface area contributed by atoms with Crippen molar-refractivity contribution in [2.24, 2.45) is 0 Å². The predicted molar refractivity (Wildman–Crippen MR) is 128 cm³/mol. The van der Waals surface area contributed by atoms with Gasteiger partial charge in [0, 0.05) is 41.8 Å². The highest BCUT2D eigenvalue weighted by atomic mass is 16.6. The summed E-state index contributed by atoms with van der Waals surface area (Å²) in [5.74, 6) is -1.16. The Labute approximate surface area is 200 Å². The number of rotatable bonds is 8. The number of hydrogen-bond acceptors (Lipinski definition) is 8. The molecule has 1 aromatic heterocycles. The molecule has 0 unspecified atom stereocenters. The van der Waals surface area contributed by atoms with Crippen LogP contribution < -0.4 is 10.6 Å². The number of benzene rings is 2. The summed E-state index contributed by atoms with van der Waals surface area (Å²) in [5, 5.41) is 17.1. The van der Waals surface area contributed by atoms with Gasteiger partial charge < -0.3 is 10.6 Å². The number of nitrogens with one attached hydrogen (secondary N) is 2. The Morgan fingerprint density at radius 2 is 1.69 bits per heavy atom. The van der Waals surface area contributed by atoms with Gasteiger partial charge in [-0.2, -0.15) is 0 Å². The molecule has 0 saturated heterocycles. The van der Waals surface area contributed by atoms with Crippen molar-refractivity contribution in [3.63, 3.8) is 0 Å². The maximum absolute atomic E-state index is 12.6. The second-order valence-corrected chi connectivity index (χ2v) is 8.05. The fraction of sp³-hybridized carbons (Fsp3) is 0.208. The van der Waals surface area contributed by atoms with E-state index in [1.54, 1.807) is 18.2 Å². The fourth-order valence-corrected chi connectivity index (χ4v) is 3.88. The molecule has 2 N–H and O–H groups in total. The third-order valence-electron chi connectivity index (χ3n) is 5.34. The number of carbonyl (C=O) groups excluding carboxylic acids is 3. The zero-order chi connectivity index (χ0) is 25.1. The first kappa shape index (κ1) is 23.5. The Bertz CT molecular complexity index is 1340. The Kier molecular flexibility index (Phi) is 6.49. The van der Waals surface area contributed by atoms with Crippen molar-refractivity contribution in [3.05, 3.63) is 81.2 Å². The van der Waals surface area contributed by atoms with Crippen LogP contribution in [0.1, 0.15) is 44.9 Å². The SMILES string of the molecule is Cc1cc(C)nc(Nc2cccc(NC(=O)CCCN3C(=O)c4cccc([N+](=O)[O-])c4C3=O)c2)n1. The van der Waals surface area contributed by atoms with Crippen molar-refractivity contribution in [1.29, 1.82) is 0 Å². The van der Waals surface area contributed by atoms with Gasteiger partial charge in [0.2, 0.25) is 11.9 Å². The minimum atomic E-state index is -0.718. The van der Waals surface area contributed by atoms with Crippen molar-refractivity contribution in [1.82, 2.24) is 14.9 Å². The number of aromatic nitrogens is 2. The van der Waals surface area contributed by atoms with Gasteiger partial charge in [-0.05, 0) is 50.6 Å². The summed E-state index contributed by atoms with van der Waals surface area (Å²) in [7, 11) is 0. The lowest BCUT2D eigenvalue weighted by atomic mass is 10.1. The highest BCUT2D eigenvalue weighted by Gasteiger charge is 2.40. The van der Waals surface area contributed by atoms with Crippen LogP contribution in [0.15, 0.2) is 48.5 Å². The minimum Gasteiger partial charge on any atom is -0.326 e. The van der Waals surface area contributed by atoms with Crippen LogP contribution in [0.5, 0.6) is 0 Å². The van der Waals surface area contributed by atoms with Gasteiger partial charge in [0.15, 0.2) is 0 Å². The van der Waals surface area contributed by atoms with Crippen LogP contribution in [0.2, 0.25) is 0 Å². The molecule has 0 atom stereocenters. The molecule has 178 valence electrons. The average Bonchev–Trinajstić information content (AvgIpc) is 3.03. The van der Waals surface area contributed by atoms with Gasteiger partial charge >= 0.3 is 0 Å². The second-order valence-electron chi connectivity index (χ2n) is 8.05. The first-order chi connectivity index (χ1) is 16.7. The van der Waals surface area contributed by atoms with Gasteiger partial charge in [0.1, 0.15) is 5.56 Å². The molecule has 4 rings (SSSR count). The van der Waals surface area contributed by atoms with E-state index >= 15 is 0 Å². The summed E-state index contributed by atoms with van der Waals surface area (Å²) in [6, 6.07) is 12.9. The van der Waals surface area contributed by atoms with Crippen molar-refractivity contribution >= 4 is 40.7 Å². The average molecular weight is 474 g/mol. The highest BCUT2D eigenvalue weighted by molar-refractivity contribution is 6.23. The molecule has 0 fully saturated rings. The van der Waals surface area contributed by atoms with Gasteiger partial charge in [0.25, 0.3) is 17.5 Å². The topological polar surface area (TPSA) is 147 Å². The van der Waals surface area contributed by atoms with Crippen LogP contribution in [0, 0.1) is 24.0 Å². The monoisotopic (exact) mass is 474 g/mol. The van der Waals surface area contributed by atoms with Gasteiger partial charge in [0.05, 0.1) is 10.5 Å². The third-order valence-corrected chi connectivity index (χ3v) is 5.34. The van der Waals surface area contributed by atoms with Crippen LogP contribution in [-0.2, 0) is 4.79 Å². The van der Waals surface area contributed by atoms with Gasteiger partial charge in [-0.3, -0.25) is 29.4 Å². The molecule has 1 aliphatic rings. The number of nitrogens with zero attached hydrogens (tertiary/aromatic N) is 4. The number of nitro benzene ring substituents is 1. The molecule has 0 aliphatic carbocycles. The molecule has 1 aliphatic heterocycles. The maximum atomic E-state index is 12.6. The number of hydrogen-bond donors (Lipinski definition) is 2. The van der Waals surface area contributed by atoms with E-state index in [-0.39, 0.29) is 36.4 Å². The van der Waals surface area contributed by atoms with E-state index in [2.05, 4.69) is 20.6 Å². The molecule has 11 heteroatoms. The number of anilines is 3. The zero-order valence-electron chi connectivity index (χ0n) is 19.1. The highest BCUT2D eigenvalue weighted by Crippen LogP contribution is 2.30. The van der Waals surface area contributed by atoms with Crippen LogP contribution in [0.25, 0.3) is 0 Å². The molecule has 0 bridgehead atoms. The van der Waals surface area contributed by atoms with E-state index < -0.39 is 22.4 Å². The molecule has 0 radical (unpaired) electrons. The Morgan fingerprint density at radius 1 is 1.00 bits per heavy atom. The number of nitro groups is 1. The number of imide groups is 1. The first-order valence-electron chi connectivity index (χ1n) is 10.9. The zero-order valence-corrected chi connectivity index (χ0v) is 19.1. The van der Waals surface area contributed by atoms with Crippen LogP contribution in [0.3, 0.4) is 0 Å². The molecule has 3 aromatic rings. The van der Waals surface area contributed by atoms with Gasteiger partial charge in [-0.1, -0.05) is 12.1 Å². The lowest BCUT2D eigenvalue weighted by Crippen LogP contribution is -2.31. The number of fused-ring (bicyclic) bond motifs is 1.